The number of amides is 3. The number of benzene rings is 1. The molecule has 4 atom stereocenters. The van der Waals surface area contributed by atoms with Crippen LogP contribution in [0.2, 0.25) is 0 Å². The first-order chi connectivity index (χ1) is 11.3. The zero-order valence-electron chi connectivity index (χ0n) is 13.3. The summed E-state index contributed by atoms with van der Waals surface area (Å²) in [6.45, 7) is 0. The summed E-state index contributed by atoms with van der Waals surface area (Å²) in [5, 5.41) is 12.8. The number of carbonyl (C=O) groups is 3. The molecule has 2 fully saturated rings. The minimum Gasteiger partial charge on any atom is -0.481 e. The number of imide groups is 1. The fraction of sp³-hybridized carbons (Fsp3) is 0.438. The average Bonchev–Trinajstić information content (AvgIpc) is 2.57. The van der Waals surface area contributed by atoms with Crippen molar-refractivity contribution in [2.75, 3.05) is 14.1 Å². The van der Waals surface area contributed by atoms with Gasteiger partial charge in [0.2, 0.25) is 5.91 Å². The van der Waals surface area contributed by atoms with E-state index in [-0.39, 0.29) is 18.3 Å². The Kier molecular flexibility index (Phi) is 4.00. The molecule has 24 heavy (non-hydrogen) atoms. The van der Waals surface area contributed by atoms with Crippen LogP contribution in [0.25, 0.3) is 0 Å². The van der Waals surface area contributed by atoms with Gasteiger partial charge in [0.05, 0.1) is 18.0 Å². The SMILES string of the molecule is CN1C(=O)C2C(C(=O)O)CC(c3ccc(F)cc3)NC2N(C)C1=O. The van der Waals surface area contributed by atoms with Gasteiger partial charge in [0.1, 0.15) is 5.82 Å². The van der Waals surface area contributed by atoms with E-state index in [0.29, 0.717) is 5.56 Å². The monoisotopic (exact) mass is 335 g/mol. The van der Waals surface area contributed by atoms with Crippen LogP contribution in [-0.4, -0.2) is 53.1 Å². The Hall–Kier alpha value is -2.48. The summed E-state index contributed by atoms with van der Waals surface area (Å²) in [6, 6.07) is 4.87. The first-order valence-electron chi connectivity index (χ1n) is 7.60. The maximum Gasteiger partial charge on any atom is 0.327 e. The summed E-state index contributed by atoms with van der Waals surface area (Å²) in [4.78, 5) is 38.6. The number of hydrogen-bond donors (Lipinski definition) is 2. The van der Waals surface area contributed by atoms with E-state index in [1.165, 1.54) is 31.1 Å². The second-order valence-corrected chi connectivity index (χ2v) is 6.21. The van der Waals surface area contributed by atoms with Crippen LogP contribution in [0.1, 0.15) is 18.0 Å². The zero-order valence-corrected chi connectivity index (χ0v) is 13.3. The lowest BCUT2D eigenvalue weighted by atomic mass is 9.77. The Labute approximate surface area is 138 Å². The smallest absolute Gasteiger partial charge is 0.327 e. The average molecular weight is 335 g/mol. The predicted molar refractivity (Wildman–Crippen MR) is 81.2 cm³/mol. The van der Waals surface area contributed by atoms with Gasteiger partial charge in [-0.3, -0.25) is 19.8 Å². The highest BCUT2D eigenvalue weighted by molar-refractivity contribution is 6.00. The maximum absolute atomic E-state index is 13.1. The fourth-order valence-corrected chi connectivity index (χ4v) is 3.51. The molecule has 0 spiro atoms. The van der Waals surface area contributed by atoms with E-state index in [4.69, 9.17) is 0 Å². The van der Waals surface area contributed by atoms with Crippen LogP contribution in [0, 0.1) is 17.7 Å². The Morgan fingerprint density at radius 2 is 1.88 bits per heavy atom. The number of carboxylic acid groups (broad SMARTS) is 1. The van der Waals surface area contributed by atoms with Crippen molar-refractivity contribution in [1.82, 2.24) is 15.1 Å². The summed E-state index contributed by atoms with van der Waals surface area (Å²) >= 11 is 0. The molecule has 2 N–H and O–H groups in total. The van der Waals surface area contributed by atoms with Crippen LogP contribution < -0.4 is 5.32 Å². The van der Waals surface area contributed by atoms with E-state index in [1.807, 2.05) is 0 Å². The van der Waals surface area contributed by atoms with E-state index in [9.17, 15) is 23.9 Å². The van der Waals surface area contributed by atoms with Gasteiger partial charge in [-0.15, -0.1) is 0 Å². The van der Waals surface area contributed by atoms with Crippen molar-refractivity contribution in [3.8, 4) is 0 Å². The number of halogens is 1. The number of urea groups is 1. The van der Waals surface area contributed by atoms with Crippen molar-refractivity contribution >= 4 is 17.9 Å². The molecule has 3 amide bonds. The Morgan fingerprint density at radius 3 is 2.46 bits per heavy atom. The molecule has 8 heteroatoms. The molecule has 2 heterocycles. The topological polar surface area (TPSA) is 89.9 Å². The summed E-state index contributed by atoms with van der Waals surface area (Å²) in [7, 11) is 2.88. The number of carbonyl (C=O) groups excluding carboxylic acids is 2. The molecule has 0 aromatic heterocycles. The lowest BCUT2D eigenvalue weighted by Gasteiger charge is -2.49. The number of hydrogen-bond acceptors (Lipinski definition) is 4. The van der Waals surface area contributed by atoms with Gasteiger partial charge in [-0.05, 0) is 24.1 Å². The molecular formula is C16H18FN3O4. The van der Waals surface area contributed by atoms with Crippen molar-refractivity contribution in [2.45, 2.75) is 18.6 Å². The van der Waals surface area contributed by atoms with Crippen LogP contribution in [0.5, 0.6) is 0 Å². The van der Waals surface area contributed by atoms with Crippen LogP contribution >= 0.6 is 0 Å². The fourth-order valence-electron chi connectivity index (χ4n) is 3.51. The summed E-state index contributed by atoms with van der Waals surface area (Å²) in [5.41, 5.74) is 0.716. The molecule has 7 nitrogen and oxygen atoms in total. The Balaban J connectivity index is 1.97. The maximum atomic E-state index is 13.1. The first-order valence-corrected chi connectivity index (χ1v) is 7.60. The summed E-state index contributed by atoms with van der Waals surface area (Å²) in [6.07, 6.45) is -0.532. The third-order valence-electron chi connectivity index (χ3n) is 4.85. The number of fused-ring (bicyclic) bond motifs is 1. The second kappa shape index (κ2) is 5.86. The molecule has 0 bridgehead atoms. The van der Waals surface area contributed by atoms with Gasteiger partial charge >= 0.3 is 12.0 Å². The van der Waals surface area contributed by atoms with Gasteiger partial charge < -0.3 is 10.0 Å². The van der Waals surface area contributed by atoms with Crippen molar-refractivity contribution < 1.29 is 23.9 Å². The van der Waals surface area contributed by atoms with Crippen LogP contribution in [0.15, 0.2) is 24.3 Å². The van der Waals surface area contributed by atoms with E-state index in [0.717, 1.165) is 4.90 Å². The third kappa shape index (κ3) is 2.52. The van der Waals surface area contributed by atoms with Crippen LogP contribution in [0.4, 0.5) is 9.18 Å². The van der Waals surface area contributed by atoms with Crippen molar-refractivity contribution in [3.05, 3.63) is 35.6 Å². The standard InChI is InChI=1S/C16H18FN3O4/c1-19-13-12(14(21)20(2)16(19)24)10(15(22)23)7-11(18-13)8-3-5-9(17)6-4-8/h3-6,10-13,18H,7H2,1-2H3,(H,22,23). The molecule has 2 saturated heterocycles. The number of piperidine rings is 1. The molecule has 1 aromatic rings. The van der Waals surface area contributed by atoms with Gasteiger partial charge in [-0.25, -0.2) is 9.18 Å². The van der Waals surface area contributed by atoms with Gasteiger partial charge in [0.25, 0.3) is 0 Å². The molecule has 128 valence electrons. The third-order valence-corrected chi connectivity index (χ3v) is 4.85. The molecule has 4 unspecified atom stereocenters. The molecule has 3 rings (SSSR count). The van der Waals surface area contributed by atoms with Gasteiger partial charge in [0.15, 0.2) is 0 Å². The first kappa shape index (κ1) is 16.4. The van der Waals surface area contributed by atoms with E-state index >= 15 is 0 Å². The minimum absolute atomic E-state index is 0.184. The number of nitrogens with one attached hydrogen (secondary N) is 1. The van der Waals surface area contributed by atoms with E-state index in [2.05, 4.69) is 5.32 Å². The van der Waals surface area contributed by atoms with Crippen LogP contribution in [0.3, 0.4) is 0 Å². The molecule has 1 aromatic carbocycles. The lowest BCUT2D eigenvalue weighted by molar-refractivity contribution is -0.158. The quantitative estimate of drug-likeness (QED) is 0.842. The molecular weight excluding hydrogens is 317 g/mol. The number of carboxylic acids is 1. The van der Waals surface area contributed by atoms with Crippen molar-refractivity contribution in [1.29, 1.82) is 0 Å². The molecule has 2 aliphatic heterocycles. The minimum atomic E-state index is -1.08. The normalized spacial score (nSPS) is 30.3. The molecule has 0 saturated carbocycles. The van der Waals surface area contributed by atoms with Crippen LogP contribution in [-0.2, 0) is 9.59 Å². The van der Waals surface area contributed by atoms with E-state index < -0.39 is 35.9 Å². The molecule has 0 aliphatic carbocycles. The van der Waals surface area contributed by atoms with Crippen molar-refractivity contribution in [2.24, 2.45) is 11.8 Å². The summed E-state index contributed by atoms with van der Waals surface area (Å²) < 4.78 is 13.1. The zero-order chi connectivity index (χ0) is 17.6. The largest absolute Gasteiger partial charge is 0.481 e. The van der Waals surface area contributed by atoms with Gasteiger partial charge in [-0.1, -0.05) is 12.1 Å². The number of rotatable bonds is 2. The van der Waals surface area contributed by atoms with E-state index in [1.54, 1.807) is 12.1 Å². The highest BCUT2D eigenvalue weighted by atomic mass is 19.1. The summed E-state index contributed by atoms with van der Waals surface area (Å²) in [5.74, 6) is -3.75. The predicted octanol–water partition coefficient (Wildman–Crippen LogP) is 1.03. The number of aliphatic carboxylic acids is 1. The Morgan fingerprint density at radius 1 is 1.25 bits per heavy atom. The highest BCUT2D eigenvalue weighted by Gasteiger charge is 2.53. The van der Waals surface area contributed by atoms with Crippen molar-refractivity contribution in [3.63, 3.8) is 0 Å². The molecule has 0 radical (unpaired) electrons. The second-order valence-electron chi connectivity index (χ2n) is 6.21. The van der Waals surface area contributed by atoms with Gasteiger partial charge in [-0.2, -0.15) is 0 Å². The number of nitrogens with zero attached hydrogens (tertiary/aromatic N) is 2. The van der Waals surface area contributed by atoms with Gasteiger partial charge in [0, 0.05) is 20.1 Å². The highest BCUT2D eigenvalue weighted by Crippen LogP contribution is 2.38. The Bertz CT molecular complexity index is 693. The molecule has 2 aliphatic rings. The lowest BCUT2D eigenvalue weighted by Crippen LogP contribution is -2.68.